The van der Waals surface area contributed by atoms with Crippen LogP contribution in [0.3, 0.4) is 0 Å². The molecule has 0 bridgehead atoms. The van der Waals surface area contributed by atoms with Crippen LogP contribution in [0, 0.1) is 0 Å². The van der Waals surface area contributed by atoms with Crippen LogP contribution in [0.2, 0.25) is 0 Å². The summed E-state index contributed by atoms with van der Waals surface area (Å²) >= 11 is 2.29. The Morgan fingerprint density at radius 2 is 1.78 bits per heavy atom. The van der Waals surface area contributed by atoms with Gasteiger partial charge < -0.3 is 0 Å². The second kappa shape index (κ2) is 3.87. The third-order valence-electron chi connectivity index (χ3n) is 0.539. The second-order valence-corrected chi connectivity index (χ2v) is 2.22. The Morgan fingerprint density at radius 1 is 1.33 bits per heavy atom. The largest absolute Gasteiger partial charge is 0.280 e. The topological polar surface area (TPSA) is 0 Å². The van der Waals surface area contributed by atoms with Crippen LogP contribution in [-0.2, 0) is 0 Å². The van der Waals surface area contributed by atoms with Crippen molar-refractivity contribution < 1.29 is 17.6 Å². The van der Waals surface area contributed by atoms with Crippen LogP contribution in [0.5, 0.6) is 0 Å². The van der Waals surface area contributed by atoms with Gasteiger partial charge in [0, 0.05) is 6.42 Å². The Morgan fingerprint density at radius 3 is 1.89 bits per heavy atom. The summed E-state index contributed by atoms with van der Waals surface area (Å²) in [6.07, 6.45) is -5.72. The highest BCUT2D eigenvalue weighted by Gasteiger charge is 2.09. The van der Waals surface area contributed by atoms with Crippen LogP contribution in [0.25, 0.3) is 0 Å². The Kier molecular flexibility index (Phi) is 3.84. The van der Waals surface area contributed by atoms with Gasteiger partial charge >= 0.3 is 0 Å². The van der Waals surface area contributed by atoms with E-state index in [0.29, 0.717) is 0 Å². The molecule has 0 heterocycles. The van der Waals surface area contributed by atoms with Gasteiger partial charge in [0.25, 0.3) is 6.08 Å². The molecule has 0 unspecified atom stereocenters. The van der Waals surface area contributed by atoms with Gasteiger partial charge in [-0.05, 0) is 15.9 Å². The van der Waals surface area contributed by atoms with Crippen molar-refractivity contribution in [2.45, 2.75) is 12.8 Å². The van der Waals surface area contributed by atoms with Gasteiger partial charge in [0.15, 0.2) is 0 Å². The lowest BCUT2D eigenvalue weighted by Gasteiger charge is -1.93. The van der Waals surface area contributed by atoms with E-state index in [1.165, 1.54) is 0 Å². The summed E-state index contributed by atoms with van der Waals surface area (Å²) in [6, 6.07) is 0. The highest BCUT2D eigenvalue weighted by atomic mass is 79.9. The maximum Gasteiger partial charge on any atom is 0.280 e. The SMILES string of the molecule is FC(F)=C(Br)CC(F)F. The number of hydrogen-bond donors (Lipinski definition) is 0. The molecule has 0 saturated heterocycles. The van der Waals surface area contributed by atoms with Crippen LogP contribution in [-0.4, -0.2) is 6.43 Å². The maximum absolute atomic E-state index is 11.3. The molecule has 0 amide bonds. The number of allylic oxidation sites excluding steroid dienone is 1. The van der Waals surface area contributed by atoms with Crippen molar-refractivity contribution in [3.05, 3.63) is 10.6 Å². The van der Waals surface area contributed by atoms with Crippen LogP contribution < -0.4 is 0 Å². The summed E-state index contributed by atoms with van der Waals surface area (Å²) in [5.41, 5.74) is 0. The predicted octanol–water partition coefficient (Wildman–Crippen LogP) is 3.14. The molecule has 5 heteroatoms. The van der Waals surface area contributed by atoms with Crippen LogP contribution in [0.1, 0.15) is 6.42 Å². The van der Waals surface area contributed by atoms with E-state index in [0.717, 1.165) is 0 Å². The van der Waals surface area contributed by atoms with Crippen molar-refractivity contribution in [3.8, 4) is 0 Å². The molecule has 0 aromatic carbocycles. The van der Waals surface area contributed by atoms with Crippen LogP contribution in [0.4, 0.5) is 17.6 Å². The maximum atomic E-state index is 11.3. The Bertz CT molecular complexity index is 116. The zero-order valence-electron chi connectivity index (χ0n) is 4.17. The van der Waals surface area contributed by atoms with Crippen molar-refractivity contribution in [2.75, 3.05) is 0 Å². The zero-order valence-corrected chi connectivity index (χ0v) is 5.76. The molecule has 0 aliphatic heterocycles. The van der Waals surface area contributed by atoms with E-state index in [-0.39, 0.29) is 0 Å². The Labute approximate surface area is 57.7 Å². The Balaban J connectivity index is 3.77. The van der Waals surface area contributed by atoms with Crippen molar-refractivity contribution in [2.24, 2.45) is 0 Å². The summed E-state index contributed by atoms with van der Waals surface area (Å²) in [7, 11) is 0. The van der Waals surface area contributed by atoms with E-state index in [1.807, 2.05) is 0 Å². The number of halogens is 5. The fraction of sp³-hybridized carbons (Fsp3) is 0.500. The van der Waals surface area contributed by atoms with Crippen molar-refractivity contribution in [3.63, 3.8) is 0 Å². The van der Waals surface area contributed by atoms with Gasteiger partial charge in [-0.3, -0.25) is 0 Å². The first kappa shape index (κ1) is 8.94. The highest BCUT2D eigenvalue weighted by Crippen LogP contribution is 2.21. The average Bonchev–Trinajstić information content (AvgIpc) is 1.63. The van der Waals surface area contributed by atoms with Gasteiger partial charge in [-0.1, -0.05) is 0 Å². The summed E-state index contributed by atoms with van der Waals surface area (Å²) in [5, 5.41) is 0. The van der Waals surface area contributed by atoms with E-state index in [1.54, 1.807) is 0 Å². The Hall–Kier alpha value is -0.0600. The van der Waals surface area contributed by atoms with Gasteiger partial charge in [-0.2, -0.15) is 8.78 Å². The van der Waals surface area contributed by atoms with Gasteiger partial charge in [-0.25, -0.2) is 8.78 Å². The molecule has 0 N–H and O–H groups in total. The van der Waals surface area contributed by atoms with Gasteiger partial charge in [0.2, 0.25) is 6.43 Å². The van der Waals surface area contributed by atoms with Crippen LogP contribution >= 0.6 is 15.9 Å². The standard InChI is InChI=1S/C4H3BrF4/c5-2(4(8)9)1-3(6)7/h3H,1H2. The van der Waals surface area contributed by atoms with Crippen molar-refractivity contribution in [1.82, 2.24) is 0 Å². The van der Waals surface area contributed by atoms with Gasteiger partial charge in [0.05, 0.1) is 4.48 Å². The third-order valence-corrected chi connectivity index (χ3v) is 1.16. The first-order chi connectivity index (χ1) is 4.04. The van der Waals surface area contributed by atoms with Crippen molar-refractivity contribution in [1.29, 1.82) is 0 Å². The smallest absolute Gasteiger partial charge is 0.210 e. The predicted molar refractivity (Wildman–Crippen MR) is 28.8 cm³/mol. The minimum atomic E-state index is -2.72. The molecular formula is C4H3BrF4. The molecule has 0 rings (SSSR count). The quantitative estimate of drug-likeness (QED) is 0.610. The summed E-state index contributed by atoms with van der Waals surface area (Å²) in [5.74, 6) is 0. The van der Waals surface area contributed by atoms with E-state index >= 15 is 0 Å². The molecule has 0 aromatic rings. The average molecular weight is 207 g/mol. The number of alkyl halides is 2. The summed E-state index contributed by atoms with van der Waals surface area (Å²) in [6.45, 7) is 0. The molecule has 0 radical (unpaired) electrons. The molecule has 54 valence electrons. The normalized spacial score (nSPS) is 10.0. The molecule has 0 fully saturated rings. The monoisotopic (exact) mass is 206 g/mol. The fourth-order valence-corrected chi connectivity index (χ4v) is 0.457. The van der Waals surface area contributed by atoms with E-state index in [9.17, 15) is 17.6 Å². The number of rotatable bonds is 2. The molecule has 0 aromatic heterocycles. The van der Waals surface area contributed by atoms with E-state index in [2.05, 4.69) is 15.9 Å². The second-order valence-electron chi connectivity index (χ2n) is 1.26. The van der Waals surface area contributed by atoms with Gasteiger partial charge in [0.1, 0.15) is 0 Å². The molecule has 9 heavy (non-hydrogen) atoms. The highest BCUT2D eigenvalue weighted by molar-refractivity contribution is 9.11. The third kappa shape index (κ3) is 4.44. The fourth-order valence-electron chi connectivity index (χ4n) is 0.213. The zero-order chi connectivity index (χ0) is 7.44. The lowest BCUT2D eigenvalue weighted by Crippen LogP contribution is -1.88. The van der Waals surface area contributed by atoms with E-state index in [4.69, 9.17) is 0 Å². The first-order valence-electron chi connectivity index (χ1n) is 2.02. The van der Waals surface area contributed by atoms with Gasteiger partial charge in [-0.15, -0.1) is 0 Å². The van der Waals surface area contributed by atoms with E-state index < -0.39 is 23.4 Å². The minimum absolute atomic E-state index is 0.725. The molecule has 0 saturated carbocycles. The molecule has 0 aliphatic rings. The summed E-state index contributed by atoms with van der Waals surface area (Å²) in [4.78, 5) is 0. The molecule has 0 aliphatic carbocycles. The lowest BCUT2D eigenvalue weighted by atomic mass is 10.4. The molecular weight excluding hydrogens is 204 g/mol. The van der Waals surface area contributed by atoms with Crippen LogP contribution in [0.15, 0.2) is 10.6 Å². The lowest BCUT2D eigenvalue weighted by molar-refractivity contribution is 0.149. The number of hydrogen-bond acceptors (Lipinski definition) is 0. The molecule has 0 atom stereocenters. The molecule has 0 spiro atoms. The summed E-state index contributed by atoms with van der Waals surface area (Å²) < 4.78 is 44.3. The van der Waals surface area contributed by atoms with Crippen molar-refractivity contribution >= 4 is 15.9 Å². The minimum Gasteiger partial charge on any atom is -0.210 e. The first-order valence-corrected chi connectivity index (χ1v) is 2.81. The molecule has 0 nitrogen and oxygen atoms in total.